The quantitative estimate of drug-likeness (QED) is 0.706. The van der Waals surface area contributed by atoms with Gasteiger partial charge in [-0.3, -0.25) is 5.10 Å². The van der Waals surface area contributed by atoms with Crippen LogP contribution >= 0.6 is 0 Å². The molecule has 2 rings (SSSR count). The lowest BCUT2D eigenvalue weighted by Crippen LogP contribution is -2.04. The number of nitrogens with one attached hydrogen (secondary N) is 2. The van der Waals surface area contributed by atoms with Gasteiger partial charge in [-0.05, 0) is 30.8 Å². The maximum atomic E-state index is 5.44. The molecule has 0 aliphatic heterocycles. The standard InChI is InChI=1S/C12H17N5O/c1-18-10-4-2-9(3-5-10)14-8-12-15-11(6-7-13)16-17-12/h2-5,14H,6-8,13H2,1H3,(H,15,16,17). The highest BCUT2D eigenvalue weighted by Gasteiger charge is 2.02. The number of benzene rings is 1. The van der Waals surface area contributed by atoms with Crippen LogP contribution in [0.1, 0.15) is 11.6 Å². The zero-order chi connectivity index (χ0) is 12.8. The molecule has 2 aromatic rings. The maximum absolute atomic E-state index is 5.44. The summed E-state index contributed by atoms with van der Waals surface area (Å²) in [5.41, 5.74) is 6.45. The van der Waals surface area contributed by atoms with Gasteiger partial charge < -0.3 is 15.8 Å². The number of aromatic nitrogens is 3. The molecule has 0 atom stereocenters. The van der Waals surface area contributed by atoms with Crippen molar-refractivity contribution in [2.75, 3.05) is 19.0 Å². The summed E-state index contributed by atoms with van der Waals surface area (Å²) < 4.78 is 5.09. The summed E-state index contributed by atoms with van der Waals surface area (Å²) in [6.45, 7) is 1.16. The number of aromatic amines is 1. The number of hydrogen-bond acceptors (Lipinski definition) is 5. The molecule has 6 heteroatoms. The minimum atomic E-state index is 0.559. The van der Waals surface area contributed by atoms with E-state index in [4.69, 9.17) is 10.5 Å². The molecule has 6 nitrogen and oxygen atoms in total. The molecule has 1 aromatic heterocycles. The van der Waals surface area contributed by atoms with Crippen LogP contribution in [0.3, 0.4) is 0 Å². The Morgan fingerprint density at radius 3 is 2.78 bits per heavy atom. The van der Waals surface area contributed by atoms with Gasteiger partial charge in [-0.15, -0.1) is 0 Å². The van der Waals surface area contributed by atoms with E-state index in [0.29, 0.717) is 19.5 Å². The predicted molar refractivity (Wildman–Crippen MR) is 69.5 cm³/mol. The van der Waals surface area contributed by atoms with E-state index in [1.807, 2.05) is 24.3 Å². The fourth-order valence-electron chi connectivity index (χ4n) is 1.55. The van der Waals surface area contributed by atoms with E-state index in [-0.39, 0.29) is 0 Å². The summed E-state index contributed by atoms with van der Waals surface area (Å²) in [6.07, 6.45) is 0.693. The van der Waals surface area contributed by atoms with Crippen molar-refractivity contribution in [3.63, 3.8) is 0 Å². The van der Waals surface area contributed by atoms with E-state index >= 15 is 0 Å². The van der Waals surface area contributed by atoms with Gasteiger partial charge in [0, 0.05) is 12.1 Å². The Balaban J connectivity index is 1.89. The molecular formula is C12H17N5O. The molecule has 0 fully saturated rings. The van der Waals surface area contributed by atoms with Crippen LogP contribution in [0.5, 0.6) is 5.75 Å². The molecule has 0 radical (unpaired) electrons. The van der Waals surface area contributed by atoms with Crippen LogP contribution in [-0.2, 0) is 13.0 Å². The van der Waals surface area contributed by atoms with Crippen molar-refractivity contribution in [1.29, 1.82) is 0 Å². The first kappa shape index (κ1) is 12.4. The van der Waals surface area contributed by atoms with Gasteiger partial charge in [0.15, 0.2) is 5.82 Å². The normalized spacial score (nSPS) is 10.3. The van der Waals surface area contributed by atoms with Crippen molar-refractivity contribution in [3.05, 3.63) is 35.9 Å². The van der Waals surface area contributed by atoms with Crippen LogP contribution in [0.15, 0.2) is 24.3 Å². The predicted octanol–water partition coefficient (Wildman–Crippen LogP) is 0.927. The van der Waals surface area contributed by atoms with E-state index < -0.39 is 0 Å². The number of ether oxygens (including phenoxy) is 1. The zero-order valence-electron chi connectivity index (χ0n) is 10.3. The molecule has 0 saturated carbocycles. The number of methoxy groups -OCH3 is 1. The Bertz CT molecular complexity index is 479. The molecular weight excluding hydrogens is 230 g/mol. The minimum Gasteiger partial charge on any atom is -0.497 e. The first-order valence-electron chi connectivity index (χ1n) is 5.80. The topological polar surface area (TPSA) is 88.8 Å². The molecule has 0 amide bonds. The van der Waals surface area contributed by atoms with Crippen molar-refractivity contribution >= 4 is 5.69 Å². The van der Waals surface area contributed by atoms with Crippen molar-refractivity contribution in [3.8, 4) is 5.75 Å². The first-order chi connectivity index (χ1) is 8.81. The van der Waals surface area contributed by atoms with Crippen molar-refractivity contribution in [2.24, 2.45) is 5.73 Å². The highest BCUT2D eigenvalue weighted by molar-refractivity contribution is 5.46. The lowest BCUT2D eigenvalue weighted by Gasteiger charge is -2.05. The van der Waals surface area contributed by atoms with E-state index in [1.54, 1.807) is 7.11 Å². The Morgan fingerprint density at radius 1 is 1.33 bits per heavy atom. The Morgan fingerprint density at radius 2 is 2.11 bits per heavy atom. The first-order valence-corrected chi connectivity index (χ1v) is 5.80. The van der Waals surface area contributed by atoms with Crippen LogP contribution in [0.4, 0.5) is 5.69 Å². The van der Waals surface area contributed by atoms with E-state index in [1.165, 1.54) is 0 Å². The number of hydrogen-bond donors (Lipinski definition) is 3. The van der Waals surface area contributed by atoms with Crippen LogP contribution in [0.25, 0.3) is 0 Å². The van der Waals surface area contributed by atoms with Gasteiger partial charge in [0.1, 0.15) is 11.6 Å². The smallest absolute Gasteiger partial charge is 0.152 e. The van der Waals surface area contributed by atoms with E-state index in [2.05, 4.69) is 20.5 Å². The van der Waals surface area contributed by atoms with Gasteiger partial charge in [0.25, 0.3) is 0 Å². The van der Waals surface area contributed by atoms with Crippen molar-refractivity contribution in [2.45, 2.75) is 13.0 Å². The number of H-pyrrole nitrogens is 1. The third kappa shape index (κ3) is 3.21. The molecule has 4 N–H and O–H groups in total. The summed E-state index contributed by atoms with van der Waals surface area (Å²) in [7, 11) is 1.65. The second-order valence-electron chi connectivity index (χ2n) is 3.82. The second kappa shape index (κ2) is 6.02. The molecule has 0 spiro atoms. The fraction of sp³-hybridized carbons (Fsp3) is 0.333. The summed E-state index contributed by atoms with van der Waals surface area (Å²) in [6, 6.07) is 7.72. The van der Waals surface area contributed by atoms with Crippen LogP contribution in [-0.4, -0.2) is 28.8 Å². The third-order valence-corrected chi connectivity index (χ3v) is 2.50. The average molecular weight is 247 g/mol. The summed E-state index contributed by atoms with van der Waals surface area (Å²) in [4.78, 5) is 4.31. The third-order valence-electron chi connectivity index (χ3n) is 2.50. The molecule has 0 bridgehead atoms. The number of nitrogens with two attached hydrogens (primary N) is 1. The molecule has 0 unspecified atom stereocenters. The zero-order valence-corrected chi connectivity index (χ0v) is 10.3. The van der Waals surface area contributed by atoms with Gasteiger partial charge in [-0.25, -0.2) is 4.98 Å². The van der Waals surface area contributed by atoms with Crippen LogP contribution < -0.4 is 15.8 Å². The maximum Gasteiger partial charge on any atom is 0.152 e. The van der Waals surface area contributed by atoms with Gasteiger partial charge in [0.2, 0.25) is 0 Å². The fourth-order valence-corrected chi connectivity index (χ4v) is 1.55. The van der Waals surface area contributed by atoms with Crippen molar-refractivity contribution in [1.82, 2.24) is 15.2 Å². The Kier molecular flexibility index (Phi) is 4.14. The van der Waals surface area contributed by atoms with Crippen LogP contribution in [0.2, 0.25) is 0 Å². The molecule has 18 heavy (non-hydrogen) atoms. The minimum absolute atomic E-state index is 0.559. The van der Waals surface area contributed by atoms with Gasteiger partial charge in [0.05, 0.1) is 13.7 Å². The number of nitrogens with zero attached hydrogens (tertiary/aromatic N) is 2. The molecule has 0 aliphatic rings. The Labute approximate surface area is 106 Å². The highest BCUT2D eigenvalue weighted by Crippen LogP contribution is 2.15. The highest BCUT2D eigenvalue weighted by atomic mass is 16.5. The van der Waals surface area contributed by atoms with E-state index in [0.717, 1.165) is 23.1 Å². The second-order valence-corrected chi connectivity index (χ2v) is 3.82. The Hall–Kier alpha value is -2.08. The number of anilines is 1. The van der Waals surface area contributed by atoms with Crippen LogP contribution in [0, 0.1) is 0 Å². The lowest BCUT2D eigenvalue weighted by atomic mass is 10.3. The monoisotopic (exact) mass is 247 g/mol. The van der Waals surface area contributed by atoms with E-state index in [9.17, 15) is 0 Å². The summed E-state index contributed by atoms with van der Waals surface area (Å²) in [5.74, 6) is 2.39. The SMILES string of the molecule is COc1ccc(NCc2nc(CCN)n[nH]2)cc1. The van der Waals surface area contributed by atoms with Crippen molar-refractivity contribution < 1.29 is 4.74 Å². The lowest BCUT2D eigenvalue weighted by molar-refractivity contribution is 0.415. The van der Waals surface area contributed by atoms with Gasteiger partial charge in [-0.2, -0.15) is 5.10 Å². The molecule has 1 aromatic carbocycles. The largest absolute Gasteiger partial charge is 0.497 e. The number of rotatable bonds is 6. The molecule has 1 heterocycles. The van der Waals surface area contributed by atoms with Gasteiger partial charge in [-0.1, -0.05) is 0 Å². The molecule has 96 valence electrons. The van der Waals surface area contributed by atoms with Gasteiger partial charge >= 0.3 is 0 Å². The summed E-state index contributed by atoms with van der Waals surface area (Å²) in [5, 5.41) is 10.2. The summed E-state index contributed by atoms with van der Waals surface area (Å²) >= 11 is 0. The molecule has 0 aliphatic carbocycles. The average Bonchev–Trinajstić information content (AvgIpc) is 2.85. The molecule has 0 saturated heterocycles.